The van der Waals surface area contributed by atoms with E-state index in [1.807, 2.05) is 0 Å². The van der Waals surface area contributed by atoms with Gasteiger partial charge in [0.25, 0.3) is 0 Å². The van der Waals surface area contributed by atoms with Crippen LogP contribution in [0.25, 0.3) is 0 Å². The molecule has 0 saturated heterocycles. The summed E-state index contributed by atoms with van der Waals surface area (Å²) in [5.41, 5.74) is 3.43. The molecule has 3 rings (SSSR count). The van der Waals surface area contributed by atoms with Crippen LogP contribution in [0.1, 0.15) is 64.2 Å². The smallest absolute Gasteiger partial charge is 0.0196 e. The van der Waals surface area contributed by atoms with Crippen molar-refractivity contribution in [1.29, 1.82) is 0 Å². The van der Waals surface area contributed by atoms with Crippen molar-refractivity contribution in [3.8, 4) is 0 Å². The van der Waals surface area contributed by atoms with Gasteiger partial charge in [-0.3, -0.25) is 0 Å². The van der Waals surface area contributed by atoms with Crippen LogP contribution >= 0.6 is 0 Å². The molecule has 3 aliphatic rings. The van der Waals surface area contributed by atoms with Crippen LogP contribution in [0.5, 0.6) is 0 Å². The Morgan fingerprint density at radius 1 is 0.833 bits per heavy atom. The van der Waals surface area contributed by atoms with Crippen LogP contribution in [-0.4, -0.2) is 0 Å². The fourth-order valence-corrected chi connectivity index (χ4v) is 3.93. The Labute approximate surface area is 112 Å². The van der Waals surface area contributed by atoms with E-state index in [-0.39, 0.29) is 0 Å². The van der Waals surface area contributed by atoms with Crippen molar-refractivity contribution in [3.63, 3.8) is 0 Å². The average Bonchev–Trinajstić information content (AvgIpc) is 2.49. The second-order valence-corrected chi connectivity index (χ2v) is 6.27. The molecule has 18 heavy (non-hydrogen) atoms. The van der Waals surface area contributed by atoms with Crippen LogP contribution in [0, 0.1) is 11.8 Å². The van der Waals surface area contributed by atoms with Crippen molar-refractivity contribution < 1.29 is 0 Å². The van der Waals surface area contributed by atoms with Crippen molar-refractivity contribution in [2.24, 2.45) is 11.8 Å². The van der Waals surface area contributed by atoms with Gasteiger partial charge in [-0.25, -0.2) is 0 Å². The molecule has 0 heterocycles. The lowest BCUT2D eigenvalue weighted by Gasteiger charge is -2.31. The first-order valence-electron chi connectivity index (χ1n) is 7.98. The van der Waals surface area contributed by atoms with Gasteiger partial charge in [-0.2, -0.15) is 0 Å². The SMILES string of the molecule is C1=CCC(C2C=C(C3=CCCCC3)CCC2)CC1. The zero-order valence-electron chi connectivity index (χ0n) is 11.5. The minimum atomic E-state index is 0.876. The van der Waals surface area contributed by atoms with Gasteiger partial charge in [0.1, 0.15) is 0 Å². The topological polar surface area (TPSA) is 0 Å². The molecule has 0 radical (unpaired) electrons. The Morgan fingerprint density at radius 2 is 1.78 bits per heavy atom. The first kappa shape index (κ1) is 12.3. The van der Waals surface area contributed by atoms with Crippen molar-refractivity contribution >= 4 is 0 Å². The summed E-state index contributed by atoms with van der Waals surface area (Å²) in [5, 5.41) is 0. The number of allylic oxidation sites excluding steroid dienone is 6. The fraction of sp³-hybridized carbons (Fsp3) is 0.667. The molecule has 2 atom stereocenters. The molecule has 2 unspecified atom stereocenters. The van der Waals surface area contributed by atoms with E-state index in [0.29, 0.717) is 0 Å². The maximum absolute atomic E-state index is 2.67. The van der Waals surface area contributed by atoms with Gasteiger partial charge in [-0.05, 0) is 87.2 Å². The number of rotatable bonds is 2. The lowest BCUT2D eigenvalue weighted by atomic mass is 9.75. The third-order valence-corrected chi connectivity index (χ3v) is 5.02. The van der Waals surface area contributed by atoms with Gasteiger partial charge in [-0.1, -0.05) is 24.3 Å². The Hall–Kier alpha value is -0.780. The van der Waals surface area contributed by atoms with Gasteiger partial charge in [0, 0.05) is 0 Å². The van der Waals surface area contributed by atoms with Gasteiger partial charge >= 0.3 is 0 Å². The molecule has 0 bridgehead atoms. The third kappa shape index (κ3) is 2.79. The summed E-state index contributed by atoms with van der Waals surface area (Å²) < 4.78 is 0. The normalized spacial score (nSPS) is 32.9. The summed E-state index contributed by atoms with van der Waals surface area (Å²) in [7, 11) is 0. The summed E-state index contributed by atoms with van der Waals surface area (Å²) in [4.78, 5) is 0. The summed E-state index contributed by atoms with van der Waals surface area (Å²) in [6.45, 7) is 0. The molecule has 98 valence electrons. The van der Waals surface area contributed by atoms with E-state index >= 15 is 0 Å². The van der Waals surface area contributed by atoms with Crippen molar-refractivity contribution in [2.75, 3.05) is 0 Å². The van der Waals surface area contributed by atoms with Gasteiger partial charge in [0.05, 0.1) is 0 Å². The van der Waals surface area contributed by atoms with E-state index < -0.39 is 0 Å². The van der Waals surface area contributed by atoms with Crippen molar-refractivity contribution in [3.05, 3.63) is 35.5 Å². The zero-order chi connectivity index (χ0) is 12.2. The van der Waals surface area contributed by atoms with Gasteiger partial charge in [0.2, 0.25) is 0 Å². The van der Waals surface area contributed by atoms with E-state index in [2.05, 4.69) is 24.3 Å². The Kier molecular flexibility index (Phi) is 4.02. The molecule has 0 fully saturated rings. The van der Waals surface area contributed by atoms with Crippen LogP contribution in [0.15, 0.2) is 35.5 Å². The van der Waals surface area contributed by atoms with Crippen LogP contribution in [0.4, 0.5) is 0 Å². The van der Waals surface area contributed by atoms with Gasteiger partial charge in [0.15, 0.2) is 0 Å². The lowest BCUT2D eigenvalue weighted by Crippen LogP contribution is -2.18. The summed E-state index contributed by atoms with van der Waals surface area (Å²) >= 11 is 0. The molecule has 0 spiro atoms. The van der Waals surface area contributed by atoms with E-state index in [1.54, 1.807) is 11.1 Å². The maximum Gasteiger partial charge on any atom is -0.0196 e. The van der Waals surface area contributed by atoms with Gasteiger partial charge < -0.3 is 0 Å². The molecule has 0 aromatic carbocycles. The molecule has 0 aliphatic heterocycles. The molecular weight excluding hydrogens is 216 g/mol. The molecule has 0 heteroatoms. The summed E-state index contributed by atoms with van der Waals surface area (Å²) in [5.74, 6) is 1.82. The molecule has 0 nitrogen and oxygen atoms in total. The van der Waals surface area contributed by atoms with Gasteiger partial charge in [-0.15, -0.1) is 0 Å². The average molecular weight is 242 g/mol. The second kappa shape index (κ2) is 5.91. The van der Waals surface area contributed by atoms with E-state index in [9.17, 15) is 0 Å². The highest BCUT2D eigenvalue weighted by Gasteiger charge is 2.24. The first-order chi connectivity index (χ1) is 8.93. The number of hydrogen-bond acceptors (Lipinski definition) is 0. The second-order valence-electron chi connectivity index (χ2n) is 6.27. The quantitative estimate of drug-likeness (QED) is 0.555. The van der Waals surface area contributed by atoms with Crippen LogP contribution in [0.2, 0.25) is 0 Å². The van der Waals surface area contributed by atoms with Crippen LogP contribution < -0.4 is 0 Å². The maximum atomic E-state index is 2.67. The Morgan fingerprint density at radius 3 is 2.56 bits per heavy atom. The Bertz CT molecular complexity index is 369. The molecule has 0 saturated carbocycles. The van der Waals surface area contributed by atoms with E-state index in [0.717, 1.165) is 11.8 Å². The highest BCUT2D eigenvalue weighted by molar-refractivity contribution is 5.33. The molecule has 0 amide bonds. The molecule has 0 N–H and O–H groups in total. The Balaban J connectivity index is 1.72. The third-order valence-electron chi connectivity index (χ3n) is 5.02. The highest BCUT2D eigenvalue weighted by atomic mass is 14.3. The largest absolute Gasteiger partial charge is 0.0885 e. The van der Waals surface area contributed by atoms with E-state index in [1.165, 1.54) is 64.2 Å². The minimum absolute atomic E-state index is 0.876. The predicted octanol–water partition coefficient (Wildman–Crippen LogP) is 5.57. The first-order valence-corrected chi connectivity index (χ1v) is 7.98. The summed E-state index contributed by atoms with van der Waals surface area (Å²) in [6, 6.07) is 0. The number of hydrogen-bond donors (Lipinski definition) is 0. The molecule has 0 aromatic rings. The summed E-state index contributed by atoms with van der Waals surface area (Å²) in [6.07, 6.45) is 23.8. The monoisotopic (exact) mass is 242 g/mol. The van der Waals surface area contributed by atoms with Crippen molar-refractivity contribution in [1.82, 2.24) is 0 Å². The van der Waals surface area contributed by atoms with E-state index in [4.69, 9.17) is 0 Å². The van der Waals surface area contributed by atoms with Crippen LogP contribution in [0.3, 0.4) is 0 Å². The predicted molar refractivity (Wildman–Crippen MR) is 78.5 cm³/mol. The zero-order valence-corrected chi connectivity index (χ0v) is 11.5. The highest BCUT2D eigenvalue weighted by Crippen LogP contribution is 2.38. The van der Waals surface area contributed by atoms with Crippen LogP contribution in [-0.2, 0) is 0 Å². The molecular formula is C18H26. The molecule has 0 aromatic heterocycles. The lowest BCUT2D eigenvalue weighted by molar-refractivity contribution is 0.330. The van der Waals surface area contributed by atoms with Crippen molar-refractivity contribution in [2.45, 2.75) is 64.2 Å². The standard InChI is InChI=1S/C18H26/c1-3-8-15(9-4-1)17-12-7-13-18(14-17)16-10-5-2-6-11-16/h1,3,10,14-15,17H,2,4-9,11-13H2. The minimum Gasteiger partial charge on any atom is -0.0885 e. The fourth-order valence-electron chi connectivity index (χ4n) is 3.93. The molecule has 3 aliphatic carbocycles.